The van der Waals surface area contributed by atoms with Gasteiger partial charge >= 0.3 is 0 Å². The average molecular weight is 591 g/mol. The van der Waals surface area contributed by atoms with E-state index in [0.717, 1.165) is 41.0 Å². The lowest BCUT2D eigenvalue weighted by Gasteiger charge is -2.36. The van der Waals surface area contributed by atoms with E-state index in [2.05, 4.69) is 50.0 Å². The number of hydrogen-bond acceptors (Lipinski definition) is 3. The molecule has 2 aromatic carbocycles. The fourth-order valence-corrected chi connectivity index (χ4v) is 6.72. The molecule has 2 unspecified atom stereocenters. The van der Waals surface area contributed by atoms with Crippen molar-refractivity contribution < 1.29 is 14.0 Å². The number of benzene rings is 2. The molecule has 2 heterocycles. The van der Waals surface area contributed by atoms with Crippen molar-refractivity contribution in [3.63, 3.8) is 0 Å². The lowest BCUT2D eigenvalue weighted by Crippen LogP contribution is -2.44. The number of aryl methyl sites for hydroxylation is 1. The Kier molecular flexibility index (Phi) is 9.53. The number of nitrogens with one attached hydrogen (secondary N) is 1. The first-order valence-electron chi connectivity index (χ1n) is 14.4. The Morgan fingerprint density at radius 1 is 1.07 bits per heavy atom. The van der Waals surface area contributed by atoms with Crippen LogP contribution >= 0.6 is 23.2 Å². The molecule has 40 heavy (non-hydrogen) atoms. The molecule has 4 rings (SSSR count). The predicted octanol–water partition coefficient (Wildman–Crippen LogP) is 7.25. The Balaban J connectivity index is 1.55. The van der Waals surface area contributed by atoms with E-state index in [0.29, 0.717) is 36.8 Å². The van der Waals surface area contributed by atoms with Gasteiger partial charge in [-0.3, -0.25) is 14.5 Å². The van der Waals surface area contributed by atoms with Crippen LogP contribution in [0.15, 0.2) is 30.3 Å². The van der Waals surface area contributed by atoms with Crippen molar-refractivity contribution in [2.75, 3.05) is 26.2 Å². The summed E-state index contributed by atoms with van der Waals surface area (Å²) >= 11 is 12.6. The van der Waals surface area contributed by atoms with Gasteiger partial charge < -0.3 is 10.2 Å². The van der Waals surface area contributed by atoms with Gasteiger partial charge in [-0.15, -0.1) is 0 Å². The zero-order valence-corrected chi connectivity index (χ0v) is 26.0. The van der Waals surface area contributed by atoms with Crippen LogP contribution in [0.3, 0.4) is 0 Å². The van der Waals surface area contributed by atoms with Crippen LogP contribution in [0.5, 0.6) is 0 Å². The van der Waals surface area contributed by atoms with Crippen molar-refractivity contribution in [2.45, 2.75) is 84.2 Å². The number of rotatable bonds is 6. The summed E-state index contributed by atoms with van der Waals surface area (Å²) in [6, 6.07) is 8.86. The summed E-state index contributed by atoms with van der Waals surface area (Å²) in [6.07, 6.45) is 2.40. The maximum Gasteiger partial charge on any atom is 0.227 e. The molecule has 5 nitrogen and oxygen atoms in total. The Morgan fingerprint density at radius 3 is 2.33 bits per heavy atom. The number of halogens is 3. The number of likely N-dealkylation sites (tertiary alicyclic amines) is 2. The van der Waals surface area contributed by atoms with E-state index in [-0.39, 0.29) is 47.0 Å². The topological polar surface area (TPSA) is 52.7 Å². The quantitative estimate of drug-likeness (QED) is 0.386. The van der Waals surface area contributed by atoms with E-state index in [1.165, 1.54) is 6.07 Å². The smallest absolute Gasteiger partial charge is 0.227 e. The van der Waals surface area contributed by atoms with Gasteiger partial charge in [0.1, 0.15) is 5.82 Å². The third-order valence-corrected chi connectivity index (χ3v) is 9.36. The summed E-state index contributed by atoms with van der Waals surface area (Å²) in [5.41, 5.74) is 3.69. The van der Waals surface area contributed by atoms with Crippen molar-refractivity contribution in [1.82, 2.24) is 15.1 Å². The molecule has 8 heteroatoms. The first-order chi connectivity index (χ1) is 18.8. The van der Waals surface area contributed by atoms with Gasteiger partial charge in [0.2, 0.25) is 11.8 Å². The second-order valence-corrected chi connectivity index (χ2v) is 13.3. The Hall–Kier alpha value is -2.15. The number of piperidine rings is 1. The third-order valence-electron chi connectivity index (χ3n) is 8.72. The molecule has 0 bridgehead atoms. The van der Waals surface area contributed by atoms with Crippen LogP contribution in [0.25, 0.3) is 0 Å². The number of carbonyl (C=O) groups is 2. The van der Waals surface area contributed by atoms with Crippen LogP contribution in [-0.4, -0.2) is 53.3 Å². The molecule has 2 aromatic rings. The van der Waals surface area contributed by atoms with Crippen LogP contribution in [0, 0.1) is 18.7 Å². The lowest BCUT2D eigenvalue weighted by atomic mass is 9.82. The third kappa shape index (κ3) is 6.66. The second-order valence-electron chi connectivity index (χ2n) is 12.4. The van der Waals surface area contributed by atoms with Gasteiger partial charge in [0, 0.05) is 54.6 Å². The highest BCUT2D eigenvalue weighted by atomic mass is 35.5. The fourth-order valence-electron chi connectivity index (χ4n) is 6.38. The largest absolute Gasteiger partial charge is 0.350 e. The van der Waals surface area contributed by atoms with Gasteiger partial charge in [0.05, 0.1) is 12.0 Å². The Labute approximate surface area is 248 Å². The number of nitrogens with zero attached hydrogens (tertiary/aromatic N) is 2. The van der Waals surface area contributed by atoms with Crippen LogP contribution in [0.1, 0.15) is 94.0 Å². The van der Waals surface area contributed by atoms with E-state index in [1.807, 2.05) is 11.8 Å². The predicted molar refractivity (Wildman–Crippen MR) is 161 cm³/mol. The molecule has 2 saturated heterocycles. The highest BCUT2D eigenvalue weighted by Gasteiger charge is 2.44. The van der Waals surface area contributed by atoms with Gasteiger partial charge in [-0.2, -0.15) is 0 Å². The molecular weight excluding hydrogens is 548 g/mol. The monoisotopic (exact) mass is 589 g/mol. The van der Waals surface area contributed by atoms with E-state index in [4.69, 9.17) is 23.2 Å². The van der Waals surface area contributed by atoms with Crippen molar-refractivity contribution >= 4 is 35.0 Å². The van der Waals surface area contributed by atoms with Crippen LogP contribution in [-0.2, 0) is 9.59 Å². The minimum absolute atomic E-state index is 0.0571. The Morgan fingerprint density at radius 2 is 1.75 bits per heavy atom. The normalized spacial score (nSPS) is 21.5. The maximum atomic E-state index is 15.1. The van der Waals surface area contributed by atoms with Gasteiger partial charge in [-0.25, -0.2) is 4.39 Å². The number of hydrogen-bond donors (Lipinski definition) is 1. The number of carbonyl (C=O) groups excluding carboxylic acids is 2. The summed E-state index contributed by atoms with van der Waals surface area (Å²) in [7, 11) is 0. The molecule has 0 aromatic heterocycles. The van der Waals surface area contributed by atoms with Crippen LogP contribution in [0.2, 0.25) is 10.0 Å². The van der Waals surface area contributed by atoms with Crippen molar-refractivity contribution in [3.8, 4) is 0 Å². The zero-order valence-electron chi connectivity index (χ0n) is 24.5. The molecule has 2 aliphatic rings. The molecular formula is C32H42Cl2FN3O2. The second kappa shape index (κ2) is 12.4. The van der Waals surface area contributed by atoms with Crippen molar-refractivity contribution in [1.29, 1.82) is 0 Å². The molecule has 2 fully saturated rings. The molecule has 2 aliphatic heterocycles. The zero-order chi connectivity index (χ0) is 29.4. The standard InChI is InChI=1S/C32H42Cl2FN3O2/c1-7-30(36-20(3)39)25-14-19(2)28(34)16-24(25)21-10-12-37(13-11-21)31(40)27-18-38(32(4,5)6)17-26(27)23-9-8-22(33)15-29(23)35/h8-9,14-16,21,26-27,30H,7,10-13,17-18H2,1-6H3,(H,36,39)/t26?,27-,30?/m1/s1. The summed E-state index contributed by atoms with van der Waals surface area (Å²) in [5, 5.41) is 4.17. The highest BCUT2D eigenvalue weighted by Crippen LogP contribution is 2.41. The summed E-state index contributed by atoms with van der Waals surface area (Å²) < 4.78 is 15.1. The van der Waals surface area contributed by atoms with E-state index in [1.54, 1.807) is 19.1 Å². The average Bonchev–Trinajstić information content (AvgIpc) is 3.34. The van der Waals surface area contributed by atoms with Gasteiger partial charge in [-0.1, -0.05) is 42.3 Å². The highest BCUT2D eigenvalue weighted by molar-refractivity contribution is 6.31. The van der Waals surface area contributed by atoms with Crippen molar-refractivity contribution in [2.24, 2.45) is 5.92 Å². The van der Waals surface area contributed by atoms with Gasteiger partial charge in [0.25, 0.3) is 0 Å². The van der Waals surface area contributed by atoms with Gasteiger partial charge in [-0.05, 0) is 93.3 Å². The fraction of sp³-hybridized carbons (Fsp3) is 0.562. The van der Waals surface area contributed by atoms with E-state index >= 15 is 4.39 Å². The van der Waals surface area contributed by atoms with Crippen LogP contribution in [0.4, 0.5) is 4.39 Å². The molecule has 2 amide bonds. The molecule has 0 aliphatic carbocycles. The maximum absolute atomic E-state index is 15.1. The van der Waals surface area contributed by atoms with E-state index in [9.17, 15) is 9.59 Å². The Bertz CT molecular complexity index is 1250. The SMILES string of the molecule is CCC(NC(C)=O)c1cc(C)c(Cl)cc1C1CCN(C(=O)[C@@H]2CN(C(C)(C)C)CC2c2ccc(Cl)cc2F)CC1. The lowest BCUT2D eigenvalue weighted by molar-refractivity contribution is -0.136. The first-order valence-corrected chi connectivity index (χ1v) is 15.1. The summed E-state index contributed by atoms with van der Waals surface area (Å²) in [5.74, 6) is -0.626. The molecule has 0 saturated carbocycles. The minimum Gasteiger partial charge on any atom is -0.350 e. The van der Waals surface area contributed by atoms with Crippen molar-refractivity contribution in [3.05, 3.63) is 68.4 Å². The minimum atomic E-state index is -0.349. The molecule has 0 radical (unpaired) electrons. The summed E-state index contributed by atoms with van der Waals surface area (Å²) in [6.45, 7) is 14.5. The van der Waals surface area contributed by atoms with Crippen LogP contribution < -0.4 is 5.32 Å². The number of amides is 2. The van der Waals surface area contributed by atoms with E-state index < -0.39 is 0 Å². The molecule has 1 N–H and O–H groups in total. The molecule has 3 atom stereocenters. The summed E-state index contributed by atoms with van der Waals surface area (Å²) in [4.78, 5) is 30.2. The first kappa shape index (κ1) is 30.8. The molecule has 0 spiro atoms. The molecule has 218 valence electrons. The van der Waals surface area contributed by atoms with Gasteiger partial charge in [0.15, 0.2) is 0 Å².